The first-order valence-electron chi connectivity index (χ1n) is 12.1. The lowest BCUT2D eigenvalue weighted by Gasteiger charge is -2.20. The van der Waals surface area contributed by atoms with Crippen molar-refractivity contribution in [1.29, 1.82) is 0 Å². The maximum absolute atomic E-state index is 13.0. The number of para-hydroxylation sites is 1. The Kier molecular flexibility index (Phi) is 9.97. The zero-order valence-electron chi connectivity index (χ0n) is 20.5. The van der Waals surface area contributed by atoms with E-state index in [0.29, 0.717) is 32.2 Å². The third-order valence-corrected chi connectivity index (χ3v) is 5.86. The second-order valence-electron chi connectivity index (χ2n) is 8.64. The van der Waals surface area contributed by atoms with E-state index in [1.54, 1.807) is 0 Å². The van der Waals surface area contributed by atoms with Gasteiger partial charge in [-0.1, -0.05) is 48.5 Å². The lowest BCUT2D eigenvalue weighted by Crippen LogP contribution is -2.69. The smallest absolute Gasteiger partial charge is 0.279 e. The zero-order chi connectivity index (χ0) is 26.6. The molecule has 0 aliphatic rings. The van der Waals surface area contributed by atoms with E-state index in [2.05, 4.69) is 31.8 Å². The van der Waals surface area contributed by atoms with Gasteiger partial charge in [0.05, 0.1) is 0 Å². The number of benzene rings is 2. The van der Waals surface area contributed by atoms with Crippen molar-refractivity contribution in [2.45, 2.75) is 37.8 Å². The van der Waals surface area contributed by atoms with Crippen LogP contribution in [0, 0.1) is 10.1 Å². The maximum atomic E-state index is 13.0. The molecule has 2 aromatic carbocycles. The number of nitrogens with one attached hydrogen (secondary N) is 4. The third-order valence-electron chi connectivity index (χ3n) is 5.86. The Hall–Kier alpha value is -4.45. The molecule has 0 fully saturated rings. The number of hydrazone groups is 1. The topological polar surface area (TPSA) is 195 Å². The fourth-order valence-corrected chi connectivity index (χ4v) is 3.98. The number of carbonyl (C=O) groups is 2. The number of aromatic nitrogens is 1. The van der Waals surface area contributed by atoms with Gasteiger partial charge in [-0.2, -0.15) is 0 Å². The van der Waals surface area contributed by atoms with Crippen molar-refractivity contribution in [2.24, 2.45) is 10.8 Å². The van der Waals surface area contributed by atoms with Gasteiger partial charge in [0.15, 0.2) is 11.1 Å². The van der Waals surface area contributed by atoms with Gasteiger partial charge in [-0.15, -0.1) is 0 Å². The lowest BCUT2D eigenvalue weighted by molar-refractivity contribution is -0.485. The van der Waals surface area contributed by atoms with Crippen molar-refractivity contribution in [3.63, 3.8) is 0 Å². The molecule has 0 saturated heterocycles. The van der Waals surface area contributed by atoms with Crippen LogP contribution in [0.15, 0.2) is 65.9 Å². The summed E-state index contributed by atoms with van der Waals surface area (Å²) < 4.78 is 0. The van der Waals surface area contributed by atoms with Crippen LogP contribution < -0.4 is 27.4 Å². The van der Waals surface area contributed by atoms with Gasteiger partial charge in [-0.05, 0) is 36.5 Å². The van der Waals surface area contributed by atoms with Gasteiger partial charge in [0.25, 0.3) is 11.9 Å². The summed E-state index contributed by atoms with van der Waals surface area (Å²) in [6.45, 7) is 0.640. The Morgan fingerprint density at radius 3 is 2.54 bits per heavy atom. The van der Waals surface area contributed by atoms with Crippen molar-refractivity contribution >= 4 is 28.7 Å². The van der Waals surface area contributed by atoms with Gasteiger partial charge < -0.3 is 32.4 Å². The van der Waals surface area contributed by atoms with E-state index < -0.39 is 17.1 Å². The van der Waals surface area contributed by atoms with Crippen LogP contribution in [0.5, 0.6) is 0 Å². The molecule has 2 amide bonds. The highest BCUT2D eigenvalue weighted by Crippen LogP contribution is 2.17. The number of hydrogen-bond acceptors (Lipinski definition) is 4. The summed E-state index contributed by atoms with van der Waals surface area (Å²) in [4.78, 5) is 39.5. The average Bonchev–Trinajstić information content (AvgIpc) is 3.29. The number of amides is 2. The van der Waals surface area contributed by atoms with Gasteiger partial charge >= 0.3 is 0 Å². The van der Waals surface area contributed by atoms with Crippen LogP contribution in [0.4, 0.5) is 0 Å². The number of fused-ring (bicyclic) bond motifs is 1. The Balaban J connectivity index is 1.57. The van der Waals surface area contributed by atoms with Crippen molar-refractivity contribution in [1.82, 2.24) is 20.9 Å². The second kappa shape index (κ2) is 13.6. The molecule has 196 valence electrons. The third kappa shape index (κ3) is 8.61. The summed E-state index contributed by atoms with van der Waals surface area (Å²) in [6, 6.07) is 16.1. The first-order valence-corrected chi connectivity index (χ1v) is 12.1. The van der Waals surface area contributed by atoms with Crippen molar-refractivity contribution < 1.29 is 20.4 Å². The predicted molar refractivity (Wildman–Crippen MR) is 140 cm³/mol. The highest BCUT2D eigenvalue weighted by atomic mass is 16.7. The molecule has 0 aliphatic heterocycles. The molecule has 1 aromatic heterocycles. The maximum Gasteiger partial charge on any atom is 0.279 e. The fraction of sp³-hybridized carbons (Fsp3) is 0.320. The lowest BCUT2D eigenvalue weighted by atomic mass is 10.0. The molecule has 0 unspecified atom stereocenters. The number of hydrogen-bond donors (Lipinski definition) is 6. The van der Waals surface area contributed by atoms with E-state index in [-0.39, 0.29) is 24.3 Å². The second-order valence-corrected chi connectivity index (χ2v) is 8.64. The minimum absolute atomic E-state index is 0.246. The fourth-order valence-electron chi connectivity index (χ4n) is 3.98. The summed E-state index contributed by atoms with van der Waals surface area (Å²) in [5.74, 6) is -0.968. The minimum atomic E-state index is -0.895. The van der Waals surface area contributed by atoms with Crippen LogP contribution in [0.3, 0.4) is 0 Å². The van der Waals surface area contributed by atoms with E-state index in [1.807, 2.05) is 60.8 Å². The van der Waals surface area contributed by atoms with E-state index in [4.69, 9.17) is 5.73 Å². The number of quaternary nitrogens is 1. The molecule has 3 aromatic rings. The molecule has 0 saturated carbocycles. The van der Waals surface area contributed by atoms with Gasteiger partial charge in [0.1, 0.15) is 11.1 Å². The summed E-state index contributed by atoms with van der Waals surface area (Å²) in [7, 11) is 0. The van der Waals surface area contributed by atoms with Crippen LogP contribution in [-0.2, 0) is 22.4 Å². The largest absolute Gasteiger partial charge is 0.365 e. The van der Waals surface area contributed by atoms with Gasteiger partial charge in [0.2, 0.25) is 5.91 Å². The molecule has 0 aliphatic carbocycles. The van der Waals surface area contributed by atoms with Crippen LogP contribution in [0.25, 0.3) is 10.9 Å². The van der Waals surface area contributed by atoms with Crippen molar-refractivity contribution in [3.8, 4) is 0 Å². The Morgan fingerprint density at radius 1 is 1.05 bits per heavy atom. The monoisotopic (exact) mass is 509 g/mol. The molecule has 1 heterocycles. The Bertz CT molecular complexity index is 1230. The van der Waals surface area contributed by atoms with E-state index >= 15 is 0 Å². The summed E-state index contributed by atoms with van der Waals surface area (Å²) in [6.07, 6.45) is 3.70. The highest BCUT2D eigenvalue weighted by molar-refractivity contribution is 5.89. The quantitative estimate of drug-likeness (QED) is 0.0618. The molecule has 12 nitrogen and oxygen atoms in total. The molecule has 3 rings (SSSR count). The molecule has 0 bridgehead atoms. The summed E-state index contributed by atoms with van der Waals surface area (Å²) >= 11 is 0. The standard InChI is InChI=1S/C25H32N8O4/c26-20(15-17-7-2-1-3-8-17)23(34)31-22(11-6-13-29-25(27)32-33(36)37)24(35)28-14-12-18-16-30-21-10-5-4-9-19(18)21/h1-5,7-10,16,20,22,30H,6,11-15,26H2,(H,28,35)(H,31,34)(H3,27,29,32)/p+1/t20-,22+/m1/s1. The van der Waals surface area contributed by atoms with E-state index in [1.165, 1.54) is 0 Å². The van der Waals surface area contributed by atoms with Gasteiger partial charge in [-0.25, -0.2) is 10.1 Å². The van der Waals surface area contributed by atoms with Gasteiger partial charge in [0, 0.05) is 36.6 Å². The molecule has 0 spiro atoms. The van der Waals surface area contributed by atoms with Crippen LogP contribution in [0.2, 0.25) is 0 Å². The van der Waals surface area contributed by atoms with E-state index in [0.717, 1.165) is 22.0 Å². The predicted octanol–water partition coefficient (Wildman–Crippen LogP) is 0.0408. The van der Waals surface area contributed by atoms with Crippen LogP contribution >= 0.6 is 0 Å². The van der Waals surface area contributed by atoms with Crippen molar-refractivity contribution in [3.05, 3.63) is 82.0 Å². The molecule has 9 N–H and O–H groups in total. The normalized spacial score (nSPS) is 13.1. The summed E-state index contributed by atoms with van der Waals surface area (Å²) in [5.41, 5.74) is 12.5. The number of rotatable bonds is 13. The highest BCUT2D eigenvalue weighted by Gasteiger charge is 2.25. The molecule has 0 radical (unpaired) electrons. The minimum Gasteiger partial charge on any atom is -0.365 e. The van der Waals surface area contributed by atoms with Gasteiger partial charge in [-0.3, -0.25) is 9.59 Å². The van der Waals surface area contributed by atoms with Crippen LogP contribution in [-0.4, -0.2) is 53.0 Å². The number of guanidine groups is 1. The van der Waals surface area contributed by atoms with Crippen LogP contribution in [0.1, 0.15) is 24.0 Å². The molecule has 12 heteroatoms. The Morgan fingerprint density at radius 2 is 1.78 bits per heavy atom. The number of carbonyl (C=O) groups excluding carboxylic acids is 2. The number of aromatic amines is 1. The van der Waals surface area contributed by atoms with E-state index in [9.17, 15) is 19.7 Å². The first kappa shape index (κ1) is 27.1. The average molecular weight is 510 g/mol. The zero-order valence-corrected chi connectivity index (χ0v) is 20.5. The first-order chi connectivity index (χ1) is 17.8. The summed E-state index contributed by atoms with van der Waals surface area (Å²) in [5, 5.41) is 21.9. The molecule has 2 atom stereocenters. The Labute approximate surface area is 214 Å². The number of nitrogens with zero attached hydrogens (tertiary/aromatic N) is 2. The van der Waals surface area contributed by atoms with Crippen molar-refractivity contribution in [2.75, 3.05) is 13.1 Å². The number of H-pyrrole nitrogens is 1. The molecular weight excluding hydrogens is 476 g/mol. The molecule has 37 heavy (non-hydrogen) atoms. The SMILES string of the molecule is N/C(=N\[N+](=O)[O-])NCCC[C@H](NC(=O)[C@H]([NH3+])Cc1ccccc1)C(=O)NCCc1c[nH]c2ccccc12. The number of nitrogens with two attached hydrogens (primary N) is 1. The molecular formula is C25H33N8O4+. The number of nitro groups is 1.